The van der Waals surface area contributed by atoms with Crippen LogP contribution >= 0.6 is 11.3 Å². The van der Waals surface area contributed by atoms with Gasteiger partial charge >= 0.3 is 6.18 Å². The lowest BCUT2D eigenvalue weighted by Gasteiger charge is -2.15. The third kappa shape index (κ3) is 4.62. The molecule has 1 N–H and O–H groups in total. The number of rotatable bonds is 5. The molecular weight excluding hydrogens is 455 g/mol. The van der Waals surface area contributed by atoms with Crippen LogP contribution < -0.4 is 15.6 Å². The van der Waals surface area contributed by atoms with Gasteiger partial charge in [-0.25, -0.2) is 4.98 Å². The largest absolute Gasteiger partial charge is 0.491 e. The fraction of sp³-hybridized carbons (Fsp3) is 0.435. The summed E-state index contributed by atoms with van der Waals surface area (Å²) in [5.74, 6) is 0.268. The molecule has 10 heteroatoms. The number of aromatic nitrogens is 2. The molecule has 176 valence electrons. The van der Waals surface area contributed by atoms with Crippen LogP contribution in [0.25, 0.3) is 10.2 Å². The summed E-state index contributed by atoms with van der Waals surface area (Å²) in [6.45, 7) is 4.43. The lowest BCUT2D eigenvalue weighted by Crippen LogP contribution is -2.24. The first kappa shape index (κ1) is 23.3. The number of anilines is 1. The van der Waals surface area contributed by atoms with E-state index >= 15 is 0 Å². The van der Waals surface area contributed by atoms with Crippen LogP contribution in [0.3, 0.4) is 0 Å². The average Bonchev–Trinajstić information content (AvgIpc) is 2.93. The van der Waals surface area contributed by atoms with Crippen molar-refractivity contribution < 1.29 is 22.7 Å². The van der Waals surface area contributed by atoms with Gasteiger partial charge in [0.1, 0.15) is 16.4 Å². The van der Waals surface area contributed by atoms with Crippen molar-refractivity contribution in [3.8, 4) is 5.75 Å². The van der Waals surface area contributed by atoms with Crippen molar-refractivity contribution in [1.82, 2.24) is 9.55 Å². The molecule has 0 spiro atoms. The summed E-state index contributed by atoms with van der Waals surface area (Å²) in [7, 11) is 0. The summed E-state index contributed by atoms with van der Waals surface area (Å²) >= 11 is 1.08. The molecule has 1 aliphatic heterocycles. The molecule has 0 unspecified atom stereocenters. The van der Waals surface area contributed by atoms with Crippen LogP contribution in [0.5, 0.6) is 5.75 Å². The van der Waals surface area contributed by atoms with Crippen LogP contribution in [-0.4, -0.2) is 22.1 Å². The highest BCUT2D eigenvalue weighted by molar-refractivity contribution is 7.20. The molecule has 0 radical (unpaired) electrons. The van der Waals surface area contributed by atoms with Gasteiger partial charge in [-0.1, -0.05) is 13.3 Å². The average molecular weight is 480 g/mol. The van der Waals surface area contributed by atoms with Crippen molar-refractivity contribution in [3.63, 3.8) is 0 Å². The van der Waals surface area contributed by atoms with E-state index in [0.29, 0.717) is 47.6 Å². The number of carbonyl (C=O) groups is 1. The first-order valence-corrected chi connectivity index (χ1v) is 11.7. The summed E-state index contributed by atoms with van der Waals surface area (Å²) in [5, 5.41) is 2.95. The number of halogens is 3. The van der Waals surface area contributed by atoms with Crippen LogP contribution in [0.4, 0.5) is 18.9 Å². The van der Waals surface area contributed by atoms with Crippen molar-refractivity contribution in [2.24, 2.45) is 0 Å². The Kier molecular flexibility index (Phi) is 6.47. The second-order valence-electron chi connectivity index (χ2n) is 8.04. The van der Waals surface area contributed by atoms with Crippen molar-refractivity contribution in [1.29, 1.82) is 0 Å². The normalized spacial score (nSPS) is 14.1. The van der Waals surface area contributed by atoms with Gasteiger partial charge in [-0.2, -0.15) is 13.2 Å². The number of amides is 1. The molecule has 0 aliphatic carbocycles. The minimum atomic E-state index is -4.56. The number of alkyl halides is 3. The van der Waals surface area contributed by atoms with Gasteiger partial charge in [-0.15, -0.1) is 11.3 Å². The number of fused-ring (bicyclic) bond motifs is 2. The SMILES string of the molecule is CCCOc1ccc(C(F)(F)F)cc1NC(=O)c1sc2nc3n(c(=O)c2c1C)CCCCC3. The van der Waals surface area contributed by atoms with E-state index in [-0.39, 0.29) is 21.9 Å². The number of carbonyl (C=O) groups excluding carboxylic acids is 1. The number of hydrogen-bond donors (Lipinski definition) is 1. The van der Waals surface area contributed by atoms with Crippen molar-refractivity contribution >= 4 is 33.1 Å². The lowest BCUT2D eigenvalue weighted by molar-refractivity contribution is -0.137. The molecule has 3 heterocycles. The molecule has 2 aromatic heterocycles. The molecular formula is C23H24F3N3O3S. The molecule has 0 atom stereocenters. The van der Waals surface area contributed by atoms with E-state index in [9.17, 15) is 22.8 Å². The van der Waals surface area contributed by atoms with Gasteiger partial charge in [0, 0.05) is 13.0 Å². The van der Waals surface area contributed by atoms with E-state index in [1.54, 1.807) is 11.5 Å². The van der Waals surface area contributed by atoms with Gasteiger partial charge in [-0.3, -0.25) is 14.2 Å². The summed E-state index contributed by atoms with van der Waals surface area (Å²) < 4.78 is 46.9. The number of nitrogens with one attached hydrogen (secondary N) is 1. The molecule has 6 nitrogen and oxygen atoms in total. The molecule has 4 rings (SSSR count). The predicted octanol–water partition coefficient (Wildman–Crippen LogP) is 5.55. The fourth-order valence-corrected chi connectivity index (χ4v) is 5.03. The lowest BCUT2D eigenvalue weighted by atomic mass is 10.1. The van der Waals surface area contributed by atoms with Crippen LogP contribution in [0.1, 0.15) is 59.2 Å². The zero-order chi connectivity index (χ0) is 23.8. The monoisotopic (exact) mass is 479 g/mol. The van der Waals surface area contributed by atoms with Crippen molar-refractivity contribution in [3.05, 3.63) is 50.4 Å². The highest BCUT2D eigenvalue weighted by Gasteiger charge is 2.32. The van der Waals surface area contributed by atoms with Crippen LogP contribution in [0.2, 0.25) is 0 Å². The van der Waals surface area contributed by atoms with Crippen molar-refractivity contribution in [2.75, 3.05) is 11.9 Å². The number of hydrogen-bond acceptors (Lipinski definition) is 5. The number of thiophene rings is 1. The van der Waals surface area contributed by atoms with E-state index in [1.165, 1.54) is 6.07 Å². The Morgan fingerprint density at radius 1 is 1.27 bits per heavy atom. The van der Waals surface area contributed by atoms with Gasteiger partial charge < -0.3 is 10.1 Å². The van der Waals surface area contributed by atoms with Crippen molar-refractivity contribution in [2.45, 2.75) is 58.7 Å². The molecule has 1 aliphatic rings. The third-order valence-electron chi connectivity index (χ3n) is 5.63. The van der Waals surface area contributed by atoms with Crippen LogP contribution in [0, 0.1) is 6.92 Å². The van der Waals surface area contributed by atoms with Gasteiger partial charge in [0.05, 0.1) is 28.1 Å². The zero-order valence-corrected chi connectivity index (χ0v) is 19.2. The summed E-state index contributed by atoms with van der Waals surface area (Å²) in [4.78, 5) is 31.6. The maximum atomic E-state index is 13.2. The number of aryl methyl sites for hydroxylation is 2. The van der Waals surface area contributed by atoms with Gasteiger partial charge in [0.25, 0.3) is 11.5 Å². The molecule has 0 saturated heterocycles. The Bertz CT molecular complexity index is 1260. The predicted molar refractivity (Wildman–Crippen MR) is 121 cm³/mol. The molecule has 0 bridgehead atoms. The Morgan fingerprint density at radius 2 is 2.06 bits per heavy atom. The number of ether oxygens (including phenoxy) is 1. The Morgan fingerprint density at radius 3 is 2.79 bits per heavy atom. The van der Waals surface area contributed by atoms with Crippen LogP contribution in [0.15, 0.2) is 23.0 Å². The van der Waals surface area contributed by atoms with E-state index in [4.69, 9.17) is 4.74 Å². The number of nitrogens with zero attached hydrogens (tertiary/aromatic N) is 2. The Labute approximate surface area is 192 Å². The van der Waals surface area contributed by atoms with Gasteiger partial charge in [0.2, 0.25) is 0 Å². The third-order valence-corrected chi connectivity index (χ3v) is 6.82. The molecule has 1 amide bonds. The topological polar surface area (TPSA) is 73.2 Å². The highest BCUT2D eigenvalue weighted by atomic mass is 32.1. The van der Waals surface area contributed by atoms with Crippen LogP contribution in [-0.2, 0) is 19.1 Å². The smallest absolute Gasteiger partial charge is 0.416 e. The maximum absolute atomic E-state index is 13.2. The van der Waals surface area contributed by atoms with Gasteiger partial charge in [0.15, 0.2) is 0 Å². The van der Waals surface area contributed by atoms with E-state index in [0.717, 1.165) is 42.7 Å². The molecule has 0 saturated carbocycles. The van der Waals surface area contributed by atoms with E-state index in [1.807, 2.05) is 6.92 Å². The standard InChI is InChI=1S/C23H24F3N3O3S/c1-3-11-32-16-9-8-14(23(24,25)26)12-15(16)27-20(30)19-13(2)18-21(33-19)28-17-7-5-4-6-10-29(17)22(18)31/h8-9,12H,3-7,10-11H2,1-2H3,(H,27,30). The maximum Gasteiger partial charge on any atom is 0.416 e. The highest BCUT2D eigenvalue weighted by Crippen LogP contribution is 2.36. The fourth-order valence-electron chi connectivity index (χ4n) is 3.95. The minimum absolute atomic E-state index is 0.0689. The molecule has 33 heavy (non-hydrogen) atoms. The van der Waals surface area contributed by atoms with E-state index < -0.39 is 17.6 Å². The second-order valence-corrected chi connectivity index (χ2v) is 9.04. The summed E-state index contributed by atoms with van der Waals surface area (Å²) in [6, 6.07) is 2.99. The first-order valence-electron chi connectivity index (χ1n) is 10.9. The van der Waals surface area contributed by atoms with Gasteiger partial charge in [-0.05, 0) is 49.9 Å². The summed E-state index contributed by atoms with van der Waals surface area (Å²) in [6.07, 6.45) is -0.330. The van der Waals surface area contributed by atoms with E-state index in [2.05, 4.69) is 10.3 Å². The molecule has 1 aromatic carbocycles. The molecule has 0 fully saturated rings. The first-order chi connectivity index (χ1) is 15.7. The Balaban J connectivity index is 1.73. The minimum Gasteiger partial charge on any atom is -0.491 e. The summed E-state index contributed by atoms with van der Waals surface area (Å²) in [5.41, 5.74) is -0.651. The zero-order valence-electron chi connectivity index (χ0n) is 18.3. The molecule has 3 aromatic rings. The quantitative estimate of drug-likeness (QED) is 0.521. The Hall–Kier alpha value is -2.88. The second kappa shape index (κ2) is 9.17. The number of benzene rings is 1.